The van der Waals surface area contributed by atoms with Crippen LogP contribution in [0.1, 0.15) is 22.7 Å². The normalized spacial score (nSPS) is 18.1. The van der Waals surface area contributed by atoms with E-state index in [1.54, 1.807) is 11.3 Å². The molecule has 0 radical (unpaired) electrons. The first-order valence-corrected chi connectivity index (χ1v) is 8.61. The Labute approximate surface area is 139 Å². The number of rotatable bonds is 6. The minimum atomic E-state index is 0. The summed E-state index contributed by atoms with van der Waals surface area (Å²) in [6.45, 7) is 7.33. The topological polar surface area (TPSA) is 53.9 Å². The van der Waals surface area contributed by atoms with Gasteiger partial charge in [0.05, 0.1) is 16.9 Å². The summed E-state index contributed by atoms with van der Waals surface area (Å²) in [7, 11) is 0. The average molecular weight is 346 g/mol. The Balaban J connectivity index is 0.00000161. The van der Waals surface area contributed by atoms with Crippen LogP contribution in [0.25, 0.3) is 0 Å². The fourth-order valence-electron chi connectivity index (χ4n) is 2.58. The second-order valence-electron chi connectivity index (χ2n) is 5.29. The molecule has 1 aliphatic heterocycles. The molecule has 116 valence electrons. The minimum absolute atomic E-state index is 0. The highest BCUT2D eigenvalue weighted by molar-refractivity contribution is 7.09. The third-order valence-electron chi connectivity index (χ3n) is 3.68. The third kappa shape index (κ3) is 4.69. The number of halogens is 1. The van der Waals surface area contributed by atoms with E-state index >= 15 is 0 Å². The Hall–Kier alpha value is -0.600. The summed E-state index contributed by atoms with van der Waals surface area (Å²) in [6.07, 6.45) is 1.27. The monoisotopic (exact) mass is 345 g/mol. The molecule has 0 spiro atoms. The lowest BCUT2D eigenvalue weighted by Crippen LogP contribution is -2.30. The highest BCUT2D eigenvalue weighted by atomic mass is 35.5. The van der Waals surface area contributed by atoms with Gasteiger partial charge >= 0.3 is 0 Å². The smallest absolute Gasteiger partial charge is 0.0895 e. The summed E-state index contributed by atoms with van der Waals surface area (Å²) in [5, 5.41) is 9.67. The van der Waals surface area contributed by atoms with E-state index in [9.17, 15) is 0 Å². The van der Waals surface area contributed by atoms with Gasteiger partial charge in [-0.25, -0.2) is 4.98 Å². The molecule has 1 fully saturated rings. The molecular formula is C13H20ClN5S2. The zero-order valence-electron chi connectivity index (χ0n) is 12.0. The largest absolute Gasteiger partial charge is 0.316 e. The zero-order valence-corrected chi connectivity index (χ0v) is 14.4. The highest BCUT2D eigenvalue weighted by Crippen LogP contribution is 2.19. The molecule has 8 heteroatoms. The quantitative estimate of drug-likeness (QED) is 0.870. The van der Waals surface area contributed by atoms with Crippen molar-refractivity contribution in [3.05, 3.63) is 27.2 Å². The van der Waals surface area contributed by atoms with E-state index in [1.165, 1.54) is 22.8 Å². The van der Waals surface area contributed by atoms with Crippen LogP contribution in [0.3, 0.4) is 0 Å². The molecule has 0 aromatic carbocycles. The predicted octanol–water partition coefficient (Wildman–Crippen LogP) is 2.34. The number of nitrogens with zero attached hydrogens (tertiary/aromatic N) is 4. The van der Waals surface area contributed by atoms with E-state index in [0.29, 0.717) is 0 Å². The van der Waals surface area contributed by atoms with Crippen molar-refractivity contribution in [2.75, 3.05) is 19.6 Å². The van der Waals surface area contributed by atoms with Crippen LogP contribution in [0.2, 0.25) is 0 Å². The average Bonchev–Trinajstić information content (AvgIpc) is 3.15. The zero-order chi connectivity index (χ0) is 13.8. The summed E-state index contributed by atoms with van der Waals surface area (Å²) >= 11 is 3.17. The molecule has 1 unspecified atom stereocenters. The lowest BCUT2D eigenvalue weighted by Gasteiger charge is -2.24. The summed E-state index contributed by atoms with van der Waals surface area (Å²) in [6, 6.07) is 0. The molecule has 21 heavy (non-hydrogen) atoms. The maximum Gasteiger partial charge on any atom is 0.0895 e. The van der Waals surface area contributed by atoms with Crippen LogP contribution in [0.15, 0.2) is 10.9 Å². The van der Waals surface area contributed by atoms with Crippen molar-refractivity contribution in [1.29, 1.82) is 0 Å². The van der Waals surface area contributed by atoms with E-state index in [2.05, 4.69) is 31.7 Å². The van der Waals surface area contributed by atoms with Crippen LogP contribution in [0, 0.1) is 12.8 Å². The van der Waals surface area contributed by atoms with Crippen LogP contribution < -0.4 is 5.32 Å². The van der Waals surface area contributed by atoms with Gasteiger partial charge in [-0.15, -0.1) is 28.8 Å². The molecule has 0 bridgehead atoms. The van der Waals surface area contributed by atoms with Gasteiger partial charge in [0.15, 0.2) is 0 Å². The lowest BCUT2D eigenvalue weighted by molar-refractivity contribution is 0.219. The van der Waals surface area contributed by atoms with E-state index in [1.807, 2.05) is 10.9 Å². The summed E-state index contributed by atoms with van der Waals surface area (Å²) < 4.78 is 3.96. The van der Waals surface area contributed by atoms with Gasteiger partial charge in [-0.05, 0) is 43.9 Å². The molecule has 0 amide bonds. The van der Waals surface area contributed by atoms with E-state index < -0.39 is 0 Å². The van der Waals surface area contributed by atoms with Gasteiger partial charge < -0.3 is 5.32 Å². The molecular weight excluding hydrogens is 326 g/mol. The summed E-state index contributed by atoms with van der Waals surface area (Å²) in [4.78, 5) is 8.19. The van der Waals surface area contributed by atoms with Crippen molar-refractivity contribution in [2.24, 2.45) is 5.92 Å². The molecule has 1 saturated heterocycles. The first-order chi connectivity index (χ1) is 9.81. The van der Waals surface area contributed by atoms with Crippen LogP contribution >= 0.6 is 35.3 Å². The molecule has 1 N–H and O–H groups in total. The highest BCUT2D eigenvalue weighted by Gasteiger charge is 2.20. The molecule has 3 rings (SSSR count). The van der Waals surface area contributed by atoms with Gasteiger partial charge in [-0.2, -0.15) is 0 Å². The van der Waals surface area contributed by atoms with Gasteiger partial charge in [0.25, 0.3) is 0 Å². The fraction of sp³-hybridized carbons (Fsp3) is 0.615. The predicted molar refractivity (Wildman–Crippen MR) is 89.1 cm³/mol. The Morgan fingerprint density at radius 1 is 1.43 bits per heavy atom. The molecule has 1 atom stereocenters. The molecule has 3 heterocycles. The Kier molecular flexibility index (Phi) is 6.50. The van der Waals surface area contributed by atoms with Gasteiger partial charge in [0, 0.05) is 29.9 Å². The van der Waals surface area contributed by atoms with Crippen molar-refractivity contribution in [3.63, 3.8) is 0 Å². The number of hydrogen-bond donors (Lipinski definition) is 1. The first-order valence-electron chi connectivity index (χ1n) is 6.89. The first kappa shape index (κ1) is 16.8. The van der Waals surface area contributed by atoms with Crippen LogP contribution in [-0.4, -0.2) is 39.1 Å². The molecule has 0 aliphatic carbocycles. The molecule has 0 saturated carbocycles. The van der Waals surface area contributed by atoms with Gasteiger partial charge in [0.1, 0.15) is 0 Å². The Bertz CT molecular complexity index is 524. The van der Waals surface area contributed by atoms with E-state index in [0.717, 1.165) is 50.0 Å². The summed E-state index contributed by atoms with van der Waals surface area (Å²) in [5.74, 6) is 0.745. The van der Waals surface area contributed by atoms with Crippen LogP contribution in [0.5, 0.6) is 0 Å². The number of nitrogens with one attached hydrogen (secondary N) is 1. The SMILES string of the molecule is Cc1ncsc1CN(Cc1csnn1)CC1CCNC1.Cl. The number of aromatic nitrogens is 3. The van der Waals surface area contributed by atoms with Crippen LogP contribution in [0.4, 0.5) is 0 Å². The second kappa shape index (κ2) is 8.14. The molecule has 1 aliphatic rings. The number of thiazole rings is 1. The number of aryl methyl sites for hydroxylation is 1. The van der Waals surface area contributed by atoms with E-state index in [-0.39, 0.29) is 12.4 Å². The van der Waals surface area contributed by atoms with E-state index in [4.69, 9.17) is 0 Å². The van der Waals surface area contributed by atoms with Crippen molar-refractivity contribution in [3.8, 4) is 0 Å². The standard InChI is InChI=1S/C13H19N5S2.ClH/c1-10-13(19-9-15-10)7-18(5-11-2-3-14-4-11)6-12-8-20-17-16-12;/h8-9,11,14H,2-7H2,1H3;1H. The third-order valence-corrected chi connectivity index (χ3v) is 5.15. The molecule has 2 aromatic rings. The van der Waals surface area contributed by atoms with Crippen molar-refractivity contribution >= 4 is 35.3 Å². The molecule has 5 nitrogen and oxygen atoms in total. The Morgan fingerprint density at radius 2 is 2.33 bits per heavy atom. The van der Waals surface area contributed by atoms with Crippen LogP contribution in [-0.2, 0) is 13.1 Å². The molecule has 2 aromatic heterocycles. The maximum atomic E-state index is 4.35. The second-order valence-corrected chi connectivity index (χ2v) is 6.83. The van der Waals surface area contributed by atoms with Gasteiger partial charge in [0.2, 0.25) is 0 Å². The minimum Gasteiger partial charge on any atom is -0.316 e. The van der Waals surface area contributed by atoms with Crippen molar-refractivity contribution < 1.29 is 0 Å². The van der Waals surface area contributed by atoms with Gasteiger partial charge in [-0.3, -0.25) is 4.90 Å². The number of hydrogen-bond acceptors (Lipinski definition) is 7. The maximum absolute atomic E-state index is 4.35. The lowest BCUT2D eigenvalue weighted by atomic mass is 10.1. The van der Waals surface area contributed by atoms with Gasteiger partial charge in [-0.1, -0.05) is 4.49 Å². The summed E-state index contributed by atoms with van der Waals surface area (Å²) in [5.41, 5.74) is 4.16. The van der Waals surface area contributed by atoms with Crippen molar-refractivity contribution in [1.82, 2.24) is 24.8 Å². The fourth-order valence-corrected chi connectivity index (χ4v) is 3.84. The Morgan fingerprint density at radius 3 is 2.95 bits per heavy atom. The van der Waals surface area contributed by atoms with Crippen molar-refractivity contribution in [2.45, 2.75) is 26.4 Å².